The first-order valence-electron chi connectivity index (χ1n) is 8.40. The minimum Gasteiger partial charge on any atom is -0.497 e. The Labute approximate surface area is 162 Å². The Hall–Kier alpha value is -3.12. The molecule has 0 radical (unpaired) electrons. The Balaban J connectivity index is 1.57. The molecule has 3 rings (SSSR count). The minimum atomic E-state index is -0.310. The Morgan fingerprint density at radius 2 is 1.93 bits per heavy atom. The van der Waals surface area contributed by atoms with Gasteiger partial charge in [0, 0.05) is 23.3 Å². The lowest BCUT2D eigenvalue weighted by Crippen LogP contribution is -2.15. The molecule has 7 heteroatoms. The van der Waals surface area contributed by atoms with Gasteiger partial charge in [-0.2, -0.15) is 0 Å². The van der Waals surface area contributed by atoms with E-state index in [9.17, 15) is 4.79 Å². The number of anilines is 2. The number of carbonyl (C=O) groups excluding carboxylic acids is 1. The Kier molecular flexibility index (Phi) is 6.22. The molecule has 138 valence electrons. The minimum absolute atomic E-state index is 0.281. The second kappa shape index (κ2) is 9.00. The highest BCUT2D eigenvalue weighted by Gasteiger charge is 2.09. The van der Waals surface area contributed by atoms with E-state index in [0.717, 1.165) is 17.7 Å². The van der Waals surface area contributed by atoms with E-state index in [1.54, 1.807) is 37.4 Å². The summed E-state index contributed by atoms with van der Waals surface area (Å²) in [6.45, 7) is 0.669. The van der Waals surface area contributed by atoms with Crippen LogP contribution in [0.25, 0.3) is 0 Å². The average molecular weight is 383 g/mol. The fraction of sp³-hybridized carbons (Fsp3) is 0.150. The summed E-state index contributed by atoms with van der Waals surface area (Å²) in [5.41, 5.74) is 2.08. The van der Waals surface area contributed by atoms with E-state index in [-0.39, 0.29) is 11.6 Å². The monoisotopic (exact) mass is 382 g/mol. The molecule has 0 aliphatic rings. The molecule has 27 heavy (non-hydrogen) atoms. The number of nitrogens with zero attached hydrogens (tertiary/aromatic N) is 2. The topological polar surface area (TPSA) is 76.1 Å². The third-order valence-corrected chi connectivity index (χ3v) is 4.11. The van der Waals surface area contributed by atoms with Gasteiger partial charge in [0.25, 0.3) is 5.91 Å². The van der Waals surface area contributed by atoms with Gasteiger partial charge in [0.2, 0.25) is 0 Å². The van der Waals surface area contributed by atoms with Crippen molar-refractivity contribution in [3.8, 4) is 5.75 Å². The Morgan fingerprint density at radius 3 is 2.70 bits per heavy atom. The van der Waals surface area contributed by atoms with Crippen molar-refractivity contribution in [1.29, 1.82) is 0 Å². The highest BCUT2D eigenvalue weighted by Crippen LogP contribution is 2.15. The van der Waals surface area contributed by atoms with Crippen LogP contribution < -0.4 is 15.4 Å². The van der Waals surface area contributed by atoms with E-state index in [1.165, 1.54) is 6.33 Å². The summed E-state index contributed by atoms with van der Waals surface area (Å²) in [7, 11) is 1.65. The number of ether oxygens (including phenoxy) is 1. The average Bonchev–Trinajstić information content (AvgIpc) is 2.70. The fourth-order valence-corrected chi connectivity index (χ4v) is 2.60. The van der Waals surface area contributed by atoms with Gasteiger partial charge >= 0.3 is 0 Å². The standard InChI is InChI=1S/C20H19ClN4O2/c1-27-17-4-2-3-14(11-17)9-10-22-19-12-18(23-13-24-19)20(26)25-16-7-5-15(21)6-8-16/h2-8,11-13H,9-10H2,1H3,(H,25,26)(H,22,23,24). The van der Waals surface area contributed by atoms with E-state index in [0.29, 0.717) is 23.1 Å². The summed E-state index contributed by atoms with van der Waals surface area (Å²) in [5.74, 6) is 1.11. The summed E-state index contributed by atoms with van der Waals surface area (Å²) >= 11 is 5.85. The summed E-state index contributed by atoms with van der Waals surface area (Å²) in [6, 6.07) is 16.4. The number of benzene rings is 2. The largest absolute Gasteiger partial charge is 0.497 e. The van der Waals surface area contributed by atoms with Crippen LogP contribution in [0.5, 0.6) is 5.75 Å². The molecule has 0 unspecified atom stereocenters. The van der Waals surface area contributed by atoms with Crippen LogP contribution in [0.1, 0.15) is 16.1 Å². The van der Waals surface area contributed by atoms with Crippen molar-refractivity contribution >= 4 is 29.0 Å². The van der Waals surface area contributed by atoms with E-state index < -0.39 is 0 Å². The molecule has 0 saturated carbocycles. The molecule has 2 aromatic carbocycles. The van der Waals surface area contributed by atoms with Crippen LogP contribution in [0.3, 0.4) is 0 Å². The second-order valence-electron chi connectivity index (χ2n) is 5.78. The predicted octanol–water partition coefficient (Wildman–Crippen LogP) is 4.05. The number of methoxy groups -OCH3 is 1. The van der Waals surface area contributed by atoms with Crippen molar-refractivity contribution in [2.45, 2.75) is 6.42 Å². The van der Waals surface area contributed by atoms with Crippen molar-refractivity contribution < 1.29 is 9.53 Å². The summed E-state index contributed by atoms with van der Waals surface area (Å²) < 4.78 is 5.22. The summed E-state index contributed by atoms with van der Waals surface area (Å²) in [5, 5.41) is 6.59. The van der Waals surface area contributed by atoms with Gasteiger partial charge in [-0.1, -0.05) is 23.7 Å². The zero-order valence-electron chi connectivity index (χ0n) is 14.8. The zero-order chi connectivity index (χ0) is 19.1. The maximum atomic E-state index is 12.3. The first kappa shape index (κ1) is 18.7. The van der Waals surface area contributed by atoms with Crippen LogP contribution in [0.2, 0.25) is 5.02 Å². The highest BCUT2D eigenvalue weighted by atomic mass is 35.5. The number of hydrogen-bond donors (Lipinski definition) is 2. The highest BCUT2D eigenvalue weighted by molar-refractivity contribution is 6.30. The maximum absolute atomic E-state index is 12.3. The molecule has 0 spiro atoms. The van der Waals surface area contributed by atoms with Gasteiger partial charge in [-0.15, -0.1) is 0 Å². The molecule has 2 N–H and O–H groups in total. The molecule has 0 bridgehead atoms. The van der Waals surface area contributed by atoms with Gasteiger partial charge < -0.3 is 15.4 Å². The van der Waals surface area contributed by atoms with Crippen molar-refractivity contribution in [2.24, 2.45) is 0 Å². The van der Waals surface area contributed by atoms with Crippen LogP contribution in [-0.4, -0.2) is 29.5 Å². The summed E-state index contributed by atoms with van der Waals surface area (Å²) in [4.78, 5) is 20.5. The van der Waals surface area contributed by atoms with E-state index in [2.05, 4.69) is 20.6 Å². The van der Waals surface area contributed by atoms with Crippen LogP contribution in [0.4, 0.5) is 11.5 Å². The number of nitrogens with one attached hydrogen (secondary N) is 2. The molecule has 0 aliphatic carbocycles. The second-order valence-corrected chi connectivity index (χ2v) is 6.21. The van der Waals surface area contributed by atoms with Crippen molar-refractivity contribution in [3.63, 3.8) is 0 Å². The molecular weight excluding hydrogens is 364 g/mol. The molecular formula is C20H19ClN4O2. The molecule has 3 aromatic rings. The number of halogens is 1. The third-order valence-electron chi connectivity index (χ3n) is 3.86. The predicted molar refractivity (Wildman–Crippen MR) is 107 cm³/mol. The quantitative estimate of drug-likeness (QED) is 0.644. The lowest BCUT2D eigenvalue weighted by Gasteiger charge is -2.08. The van der Waals surface area contributed by atoms with Gasteiger partial charge in [0.15, 0.2) is 0 Å². The molecule has 1 aromatic heterocycles. The molecule has 0 fully saturated rings. The number of amides is 1. The Morgan fingerprint density at radius 1 is 1.11 bits per heavy atom. The SMILES string of the molecule is COc1cccc(CCNc2cc(C(=O)Nc3ccc(Cl)cc3)ncn2)c1. The normalized spacial score (nSPS) is 10.3. The first-order valence-corrected chi connectivity index (χ1v) is 8.77. The van der Waals surface area contributed by atoms with Crippen molar-refractivity contribution in [2.75, 3.05) is 24.3 Å². The number of hydrogen-bond acceptors (Lipinski definition) is 5. The Bertz CT molecular complexity index is 916. The number of carbonyl (C=O) groups is 1. The number of aromatic nitrogens is 2. The van der Waals surface area contributed by atoms with Gasteiger partial charge in [0.05, 0.1) is 7.11 Å². The smallest absolute Gasteiger partial charge is 0.274 e. The van der Waals surface area contributed by atoms with E-state index in [4.69, 9.17) is 16.3 Å². The van der Waals surface area contributed by atoms with Gasteiger partial charge in [-0.05, 0) is 48.4 Å². The molecule has 0 saturated heterocycles. The summed E-state index contributed by atoms with van der Waals surface area (Å²) in [6.07, 6.45) is 2.16. The molecule has 0 aliphatic heterocycles. The molecule has 0 atom stereocenters. The van der Waals surface area contributed by atoms with Gasteiger partial charge in [-0.3, -0.25) is 4.79 Å². The first-order chi connectivity index (χ1) is 13.1. The maximum Gasteiger partial charge on any atom is 0.274 e. The van der Waals surface area contributed by atoms with Crippen molar-refractivity contribution in [1.82, 2.24) is 9.97 Å². The van der Waals surface area contributed by atoms with Gasteiger partial charge in [0.1, 0.15) is 23.6 Å². The molecule has 6 nitrogen and oxygen atoms in total. The lowest BCUT2D eigenvalue weighted by molar-refractivity contribution is 0.102. The van der Waals surface area contributed by atoms with E-state index >= 15 is 0 Å². The number of rotatable bonds is 7. The third kappa shape index (κ3) is 5.43. The zero-order valence-corrected chi connectivity index (χ0v) is 15.5. The van der Waals surface area contributed by atoms with Gasteiger partial charge in [-0.25, -0.2) is 9.97 Å². The van der Waals surface area contributed by atoms with Crippen LogP contribution in [0, 0.1) is 0 Å². The van der Waals surface area contributed by atoms with Crippen molar-refractivity contribution in [3.05, 3.63) is 77.2 Å². The van der Waals surface area contributed by atoms with E-state index in [1.807, 2.05) is 24.3 Å². The lowest BCUT2D eigenvalue weighted by atomic mass is 10.1. The van der Waals surface area contributed by atoms with Crippen LogP contribution in [-0.2, 0) is 6.42 Å². The molecule has 1 heterocycles. The fourth-order valence-electron chi connectivity index (χ4n) is 2.47. The van der Waals surface area contributed by atoms with Crippen LogP contribution in [0.15, 0.2) is 60.9 Å². The molecule has 1 amide bonds. The van der Waals surface area contributed by atoms with Crippen LogP contribution >= 0.6 is 11.6 Å².